The molecule has 1 N–H and O–H groups in total. The zero-order valence-corrected chi connectivity index (χ0v) is 19.5. The van der Waals surface area contributed by atoms with Gasteiger partial charge in [0.25, 0.3) is 0 Å². The number of ketones is 1. The summed E-state index contributed by atoms with van der Waals surface area (Å²) in [5, 5.41) is 14.1. The molecule has 0 saturated heterocycles. The molecule has 1 amide bonds. The lowest BCUT2D eigenvalue weighted by Gasteiger charge is -2.32. The van der Waals surface area contributed by atoms with Crippen molar-refractivity contribution in [3.8, 4) is 6.07 Å². The number of hydrogen-bond acceptors (Lipinski definition) is 6. The normalized spacial score (nSPS) is 22.1. The Labute approximate surface area is 197 Å². The standard InChI is InChI=1S/C26H25N3O3S/c1-15-12-17-6-3-4-8-20(17)29(15)23(31)14-33-26-18(13-27)24(22-11-10-16(2)32-22)25-19(28-26)7-5-9-21(25)30/h3-4,6,8,10-11,15,24,28H,5,7,9,12,14H2,1-2H3. The highest BCUT2D eigenvalue weighted by molar-refractivity contribution is 8.03. The highest BCUT2D eigenvalue weighted by Crippen LogP contribution is 2.44. The SMILES string of the molecule is Cc1ccc(C2C(C#N)=C(SCC(=O)N3c4ccccc4CC3C)NC3=C2C(=O)CCC3)o1. The molecular weight excluding hydrogens is 434 g/mol. The number of aryl methyl sites for hydroxylation is 1. The number of amides is 1. The number of carbonyl (C=O) groups is 2. The quantitative estimate of drug-likeness (QED) is 0.712. The molecule has 0 bridgehead atoms. The van der Waals surface area contributed by atoms with E-state index in [0.717, 1.165) is 36.4 Å². The lowest BCUT2D eigenvalue weighted by atomic mass is 9.79. The van der Waals surface area contributed by atoms with Crippen molar-refractivity contribution < 1.29 is 14.0 Å². The molecule has 1 aliphatic carbocycles. The molecule has 0 fully saturated rings. The van der Waals surface area contributed by atoms with Crippen molar-refractivity contribution in [1.82, 2.24) is 5.32 Å². The number of nitrogens with one attached hydrogen (secondary N) is 1. The van der Waals surface area contributed by atoms with Gasteiger partial charge in [0, 0.05) is 29.4 Å². The maximum Gasteiger partial charge on any atom is 0.237 e. The summed E-state index contributed by atoms with van der Waals surface area (Å²) >= 11 is 1.33. The summed E-state index contributed by atoms with van der Waals surface area (Å²) < 4.78 is 5.88. The van der Waals surface area contributed by atoms with Crippen LogP contribution in [0.1, 0.15) is 49.2 Å². The summed E-state index contributed by atoms with van der Waals surface area (Å²) in [6, 6.07) is 14.1. The van der Waals surface area contributed by atoms with Gasteiger partial charge in [-0.05, 0) is 56.9 Å². The van der Waals surface area contributed by atoms with Crippen molar-refractivity contribution in [2.75, 3.05) is 10.7 Å². The first kappa shape index (κ1) is 21.6. The Bertz CT molecular complexity index is 1250. The first-order valence-electron chi connectivity index (χ1n) is 11.2. The number of furan rings is 1. The first-order valence-corrected chi connectivity index (χ1v) is 12.2. The second-order valence-electron chi connectivity index (χ2n) is 8.76. The minimum Gasteiger partial charge on any atom is -0.465 e. The monoisotopic (exact) mass is 459 g/mol. The number of hydrogen-bond donors (Lipinski definition) is 1. The van der Waals surface area contributed by atoms with Crippen LogP contribution < -0.4 is 10.2 Å². The number of carbonyl (C=O) groups excluding carboxylic acids is 2. The second kappa shape index (κ2) is 8.60. The van der Waals surface area contributed by atoms with Crippen molar-refractivity contribution in [1.29, 1.82) is 5.26 Å². The number of para-hydroxylation sites is 1. The molecule has 1 aromatic heterocycles. The van der Waals surface area contributed by atoms with E-state index in [2.05, 4.69) is 24.4 Å². The fourth-order valence-electron chi connectivity index (χ4n) is 5.08. The molecule has 2 atom stereocenters. The minimum atomic E-state index is -0.531. The summed E-state index contributed by atoms with van der Waals surface area (Å²) in [4.78, 5) is 27.9. The third-order valence-electron chi connectivity index (χ3n) is 6.52. The van der Waals surface area contributed by atoms with Gasteiger partial charge in [-0.25, -0.2) is 0 Å². The van der Waals surface area contributed by atoms with E-state index < -0.39 is 5.92 Å². The third kappa shape index (κ3) is 3.79. The van der Waals surface area contributed by atoms with E-state index in [1.54, 1.807) is 0 Å². The van der Waals surface area contributed by atoms with E-state index in [-0.39, 0.29) is 23.5 Å². The first-order chi connectivity index (χ1) is 16.0. The van der Waals surface area contributed by atoms with Gasteiger partial charge in [-0.15, -0.1) is 0 Å². The lowest BCUT2D eigenvalue weighted by molar-refractivity contribution is -0.117. The number of Topliss-reactive ketones (excluding diaryl/α,β-unsaturated/α-hetero) is 1. The summed E-state index contributed by atoms with van der Waals surface area (Å²) in [5.41, 5.74) is 4.06. The fraction of sp³-hybridized carbons (Fsp3) is 0.346. The van der Waals surface area contributed by atoms with Gasteiger partial charge in [-0.3, -0.25) is 9.59 Å². The van der Waals surface area contributed by atoms with E-state index in [1.807, 2.05) is 42.2 Å². The molecule has 3 heterocycles. The number of rotatable bonds is 4. The smallest absolute Gasteiger partial charge is 0.237 e. The molecule has 1 aromatic carbocycles. The summed E-state index contributed by atoms with van der Waals surface area (Å²) in [7, 11) is 0. The van der Waals surface area contributed by atoms with Crippen molar-refractivity contribution in [3.63, 3.8) is 0 Å². The Hall–Kier alpha value is -3.24. The van der Waals surface area contributed by atoms with Crippen LogP contribution in [0.25, 0.3) is 0 Å². The molecule has 0 saturated carbocycles. The Kier molecular flexibility index (Phi) is 5.63. The molecule has 2 aliphatic heterocycles. The van der Waals surface area contributed by atoms with Gasteiger partial charge in [0.1, 0.15) is 11.5 Å². The largest absolute Gasteiger partial charge is 0.465 e. The van der Waals surface area contributed by atoms with Gasteiger partial charge in [0.15, 0.2) is 5.78 Å². The minimum absolute atomic E-state index is 0.00827. The molecule has 6 nitrogen and oxygen atoms in total. The number of anilines is 1. The fourth-order valence-corrected chi connectivity index (χ4v) is 6.00. The Morgan fingerprint density at radius 3 is 2.85 bits per heavy atom. The van der Waals surface area contributed by atoms with Crippen LogP contribution in [0.5, 0.6) is 0 Å². The average Bonchev–Trinajstić information content (AvgIpc) is 3.38. The number of nitrogens with zero attached hydrogens (tertiary/aromatic N) is 2. The van der Waals surface area contributed by atoms with Crippen LogP contribution in [0.4, 0.5) is 5.69 Å². The number of allylic oxidation sites excluding steroid dienone is 3. The van der Waals surface area contributed by atoms with Crippen molar-refractivity contribution in [2.24, 2.45) is 0 Å². The Morgan fingerprint density at radius 1 is 1.27 bits per heavy atom. The van der Waals surface area contributed by atoms with Crippen LogP contribution in [-0.4, -0.2) is 23.5 Å². The zero-order valence-electron chi connectivity index (χ0n) is 18.7. The molecule has 3 aliphatic rings. The predicted molar refractivity (Wildman–Crippen MR) is 127 cm³/mol. The molecule has 33 heavy (non-hydrogen) atoms. The van der Waals surface area contributed by atoms with E-state index in [0.29, 0.717) is 28.4 Å². The molecule has 7 heteroatoms. The van der Waals surface area contributed by atoms with Crippen LogP contribution in [0, 0.1) is 18.3 Å². The van der Waals surface area contributed by atoms with Gasteiger partial charge in [0.05, 0.1) is 28.3 Å². The summed E-state index contributed by atoms with van der Waals surface area (Å²) in [6.45, 7) is 3.91. The van der Waals surface area contributed by atoms with E-state index >= 15 is 0 Å². The van der Waals surface area contributed by atoms with E-state index in [9.17, 15) is 14.9 Å². The molecule has 2 aromatic rings. The third-order valence-corrected chi connectivity index (χ3v) is 7.53. The number of nitriles is 1. The molecular formula is C26H25N3O3S. The molecule has 0 radical (unpaired) electrons. The van der Waals surface area contributed by atoms with Crippen LogP contribution in [0.2, 0.25) is 0 Å². The topological polar surface area (TPSA) is 86.3 Å². The second-order valence-corrected chi connectivity index (χ2v) is 9.75. The van der Waals surface area contributed by atoms with Gasteiger partial charge < -0.3 is 14.6 Å². The molecule has 5 rings (SSSR count). The van der Waals surface area contributed by atoms with Crippen LogP contribution in [0.15, 0.2) is 62.7 Å². The average molecular weight is 460 g/mol. The molecule has 2 unspecified atom stereocenters. The number of dihydropyridines is 1. The van der Waals surface area contributed by atoms with Crippen LogP contribution in [-0.2, 0) is 16.0 Å². The molecule has 168 valence electrons. The number of fused-ring (bicyclic) bond motifs is 1. The highest BCUT2D eigenvalue weighted by Gasteiger charge is 2.39. The summed E-state index contributed by atoms with van der Waals surface area (Å²) in [5.74, 6) is 1.06. The maximum atomic E-state index is 13.2. The molecule has 0 spiro atoms. The number of benzene rings is 1. The highest BCUT2D eigenvalue weighted by atomic mass is 32.2. The predicted octanol–water partition coefficient (Wildman–Crippen LogP) is 4.73. The Morgan fingerprint density at radius 2 is 2.09 bits per heavy atom. The summed E-state index contributed by atoms with van der Waals surface area (Å²) in [6.07, 6.45) is 2.83. The van der Waals surface area contributed by atoms with Crippen LogP contribution >= 0.6 is 11.8 Å². The van der Waals surface area contributed by atoms with Crippen molar-refractivity contribution >= 4 is 29.1 Å². The van der Waals surface area contributed by atoms with Gasteiger partial charge in [-0.1, -0.05) is 30.0 Å². The Balaban J connectivity index is 1.44. The number of thioether (sulfide) groups is 1. The van der Waals surface area contributed by atoms with Crippen LogP contribution in [0.3, 0.4) is 0 Å². The van der Waals surface area contributed by atoms with Gasteiger partial charge >= 0.3 is 0 Å². The van der Waals surface area contributed by atoms with Crippen molar-refractivity contribution in [3.05, 3.63) is 75.4 Å². The zero-order chi connectivity index (χ0) is 23.1. The van der Waals surface area contributed by atoms with Crippen molar-refractivity contribution in [2.45, 2.75) is 51.5 Å². The van der Waals surface area contributed by atoms with E-state index in [1.165, 1.54) is 17.3 Å². The van der Waals surface area contributed by atoms with Gasteiger partial charge in [-0.2, -0.15) is 5.26 Å². The lowest BCUT2D eigenvalue weighted by Crippen LogP contribution is -2.37. The van der Waals surface area contributed by atoms with E-state index in [4.69, 9.17) is 4.42 Å². The maximum absolute atomic E-state index is 13.2. The van der Waals surface area contributed by atoms with Gasteiger partial charge in [0.2, 0.25) is 5.91 Å².